The zero-order chi connectivity index (χ0) is 40.3. The monoisotopic (exact) mass is 780 g/mol. The van der Waals surface area contributed by atoms with E-state index in [1.165, 1.54) is 21.9 Å². The summed E-state index contributed by atoms with van der Waals surface area (Å²) >= 11 is 0. The summed E-state index contributed by atoms with van der Waals surface area (Å²) in [7, 11) is 0. The molecule has 61 heavy (non-hydrogen) atoms. The third-order valence-electron chi connectivity index (χ3n) is 11.9. The molecule has 0 atom stereocenters. The van der Waals surface area contributed by atoms with Crippen LogP contribution in [-0.2, 0) is 0 Å². The van der Waals surface area contributed by atoms with Crippen molar-refractivity contribution in [3.63, 3.8) is 0 Å². The van der Waals surface area contributed by atoms with Crippen LogP contribution in [0, 0.1) is 0 Å². The molecule has 0 unspecified atom stereocenters. The summed E-state index contributed by atoms with van der Waals surface area (Å²) in [6.07, 6.45) is 0. The van der Waals surface area contributed by atoms with Crippen molar-refractivity contribution in [1.29, 1.82) is 0 Å². The molecule has 4 nitrogen and oxygen atoms in total. The van der Waals surface area contributed by atoms with Gasteiger partial charge in [0.1, 0.15) is 16.7 Å². The highest BCUT2D eigenvalue weighted by Crippen LogP contribution is 2.44. The Hall–Kier alpha value is -8.21. The summed E-state index contributed by atoms with van der Waals surface area (Å²) in [6, 6.07) is 77.1. The summed E-state index contributed by atoms with van der Waals surface area (Å²) in [5.74, 6) is 0.610. The zero-order valence-corrected chi connectivity index (χ0v) is 33.0. The van der Waals surface area contributed by atoms with Crippen LogP contribution in [0.25, 0.3) is 99.4 Å². The van der Waals surface area contributed by atoms with Crippen LogP contribution in [-0.4, -0.2) is 4.98 Å². The highest BCUT2D eigenvalue weighted by atomic mass is 16.3. The van der Waals surface area contributed by atoms with E-state index in [0.29, 0.717) is 5.89 Å². The number of fused-ring (bicyclic) bond motifs is 6. The smallest absolute Gasteiger partial charge is 0.227 e. The molecule has 0 spiro atoms. The number of aromatic nitrogens is 1. The molecule has 0 bridgehead atoms. The third kappa shape index (κ3) is 6.12. The van der Waals surface area contributed by atoms with Crippen LogP contribution in [0.3, 0.4) is 0 Å². The van der Waals surface area contributed by atoms with Crippen LogP contribution < -0.4 is 4.90 Å². The average molecular weight is 781 g/mol. The van der Waals surface area contributed by atoms with Crippen molar-refractivity contribution in [3.05, 3.63) is 218 Å². The molecule has 0 amide bonds. The molecule has 0 fully saturated rings. The Labute approximate surface area is 352 Å². The average Bonchev–Trinajstić information content (AvgIpc) is 3.93. The lowest BCUT2D eigenvalue weighted by atomic mass is 9.94. The maximum atomic E-state index is 6.79. The molecule has 0 aliphatic heterocycles. The molecule has 0 N–H and O–H groups in total. The first-order valence-corrected chi connectivity index (χ1v) is 20.6. The van der Waals surface area contributed by atoms with Gasteiger partial charge >= 0.3 is 0 Å². The molecule has 0 saturated carbocycles. The largest absolute Gasteiger partial charge is 0.455 e. The quantitative estimate of drug-likeness (QED) is 0.162. The van der Waals surface area contributed by atoms with E-state index >= 15 is 0 Å². The van der Waals surface area contributed by atoms with E-state index in [0.717, 1.165) is 88.7 Å². The Balaban J connectivity index is 0.941. The molecular weight excluding hydrogens is 745 g/mol. The number of anilines is 3. The van der Waals surface area contributed by atoms with Crippen molar-refractivity contribution >= 4 is 71.6 Å². The van der Waals surface area contributed by atoms with Crippen LogP contribution in [0.15, 0.2) is 227 Å². The van der Waals surface area contributed by atoms with E-state index in [-0.39, 0.29) is 0 Å². The van der Waals surface area contributed by atoms with Gasteiger partial charge in [0.05, 0.1) is 0 Å². The third-order valence-corrected chi connectivity index (χ3v) is 11.9. The standard InChI is InChI=1S/C57H36N2O2/c1-3-11-37(12-4-1)39-19-26-46(27-20-39)59(48-30-23-38-13-7-8-16-42(38)33-48)47-28-21-40(22-29-47)43-25-32-53-50(34-43)51-35-44-17-9-10-18-49(44)55(56(51)60-53)45-24-31-52-54(36-45)61-57(58-52)41-14-5-2-6-15-41/h1-36H. The minimum absolute atomic E-state index is 0.610. The molecular formula is C57H36N2O2. The summed E-state index contributed by atoms with van der Waals surface area (Å²) in [5, 5.41) is 6.85. The predicted molar refractivity (Wildman–Crippen MR) is 253 cm³/mol. The fourth-order valence-electron chi connectivity index (χ4n) is 8.82. The first-order valence-electron chi connectivity index (χ1n) is 20.6. The van der Waals surface area contributed by atoms with Gasteiger partial charge in [0.25, 0.3) is 0 Å². The molecule has 4 heteroatoms. The molecule has 0 aliphatic rings. The highest BCUT2D eigenvalue weighted by molar-refractivity contribution is 6.19. The summed E-state index contributed by atoms with van der Waals surface area (Å²) in [6.45, 7) is 0. The summed E-state index contributed by atoms with van der Waals surface area (Å²) in [4.78, 5) is 7.13. The Morgan fingerprint density at radius 1 is 0.328 bits per heavy atom. The Kier molecular flexibility index (Phi) is 8.13. The minimum atomic E-state index is 0.610. The first kappa shape index (κ1) is 34.8. The molecule has 12 rings (SSSR count). The fourth-order valence-corrected chi connectivity index (χ4v) is 8.82. The van der Waals surface area contributed by atoms with E-state index < -0.39 is 0 Å². The van der Waals surface area contributed by atoms with Gasteiger partial charge in [-0.1, -0.05) is 140 Å². The SMILES string of the molecule is c1ccc(-c2ccc(N(c3ccc(-c4ccc5oc6c(-c7ccc8nc(-c9ccccc9)oc8c7)c7ccccc7cc6c5c4)cc3)c3ccc4ccccc4c3)cc2)cc1. The molecule has 12 aromatic rings. The van der Waals surface area contributed by atoms with E-state index in [1.807, 2.05) is 36.4 Å². The van der Waals surface area contributed by atoms with Crippen LogP contribution in [0.1, 0.15) is 0 Å². The van der Waals surface area contributed by atoms with Gasteiger partial charge in [0.2, 0.25) is 5.89 Å². The number of rotatable bonds is 7. The fraction of sp³-hybridized carbons (Fsp3) is 0. The van der Waals surface area contributed by atoms with Gasteiger partial charge in [-0.05, 0) is 128 Å². The predicted octanol–water partition coefficient (Wildman–Crippen LogP) is 16.2. The van der Waals surface area contributed by atoms with Crippen molar-refractivity contribution in [2.75, 3.05) is 4.90 Å². The minimum Gasteiger partial charge on any atom is -0.455 e. The van der Waals surface area contributed by atoms with Crippen molar-refractivity contribution in [3.8, 4) is 44.8 Å². The van der Waals surface area contributed by atoms with Gasteiger partial charge in [-0.25, -0.2) is 4.98 Å². The number of hydrogen-bond acceptors (Lipinski definition) is 4. The highest BCUT2D eigenvalue weighted by Gasteiger charge is 2.20. The number of oxazole rings is 1. The van der Waals surface area contributed by atoms with E-state index in [4.69, 9.17) is 13.8 Å². The molecule has 0 saturated heterocycles. The van der Waals surface area contributed by atoms with Crippen molar-refractivity contribution < 1.29 is 8.83 Å². The number of benzene rings is 10. The van der Waals surface area contributed by atoms with Crippen LogP contribution in [0.5, 0.6) is 0 Å². The zero-order valence-electron chi connectivity index (χ0n) is 33.0. The van der Waals surface area contributed by atoms with Gasteiger partial charge in [0, 0.05) is 39.0 Å². The molecule has 286 valence electrons. The first-order chi connectivity index (χ1) is 30.2. The van der Waals surface area contributed by atoms with Gasteiger partial charge in [0.15, 0.2) is 5.58 Å². The second kappa shape index (κ2) is 14.3. The lowest BCUT2D eigenvalue weighted by molar-refractivity contribution is 0.620. The number of hydrogen-bond donors (Lipinski definition) is 0. The van der Waals surface area contributed by atoms with E-state index in [2.05, 4.69) is 187 Å². The molecule has 2 aromatic heterocycles. The van der Waals surface area contributed by atoms with Crippen LogP contribution in [0.4, 0.5) is 17.1 Å². The van der Waals surface area contributed by atoms with Crippen molar-refractivity contribution in [2.24, 2.45) is 0 Å². The topological polar surface area (TPSA) is 42.4 Å². The second-order valence-corrected chi connectivity index (χ2v) is 15.6. The maximum absolute atomic E-state index is 6.79. The lowest BCUT2D eigenvalue weighted by Crippen LogP contribution is -2.09. The van der Waals surface area contributed by atoms with Crippen LogP contribution >= 0.6 is 0 Å². The normalized spacial score (nSPS) is 11.6. The van der Waals surface area contributed by atoms with Gasteiger partial charge in [-0.3, -0.25) is 0 Å². The van der Waals surface area contributed by atoms with E-state index in [9.17, 15) is 0 Å². The number of nitrogens with zero attached hydrogens (tertiary/aromatic N) is 2. The molecule has 10 aromatic carbocycles. The molecule has 0 aliphatic carbocycles. The molecule has 2 heterocycles. The Morgan fingerprint density at radius 3 is 1.67 bits per heavy atom. The van der Waals surface area contributed by atoms with Crippen molar-refractivity contribution in [2.45, 2.75) is 0 Å². The maximum Gasteiger partial charge on any atom is 0.227 e. The van der Waals surface area contributed by atoms with Gasteiger partial charge < -0.3 is 13.7 Å². The molecule has 0 radical (unpaired) electrons. The van der Waals surface area contributed by atoms with Gasteiger partial charge in [-0.15, -0.1) is 0 Å². The summed E-state index contributed by atoms with van der Waals surface area (Å²) in [5.41, 5.74) is 14.2. The Bertz CT molecular complexity index is 3570. The summed E-state index contributed by atoms with van der Waals surface area (Å²) < 4.78 is 13.1. The van der Waals surface area contributed by atoms with Crippen LogP contribution in [0.2, 0.25) is 0 Å². The van der Waals surface area contributed by atoms with E-state index in [1.54, 1.807) is 0 Å². The number of furan rings is 1. The Morgan fingerprint density at radius 2 is 0.918 bits per heavy atom. The second-order valence-electron chi connectivity index (χ2n) is 15.6. The van der Waals surface area contributed by atoms with Crippen molar-refractivity contribution in [1.82, 2.24) is 4.98 Å². The van der Waals surface area contributed by atoms with Gasteiger partial charge in [-0.2, -0.15) is 0 Å². The lowest BCUT2D eigenvalue weighted by Gasteiger charge is -2.26.